The number of carbonyl (C=O) groups excluding carboxylic acids is 2. The first-order valence-electron chi connectivity index (χ1n) is 10.9. The molecule has 1 aromatic rings. The Morgan fingerprint density at radius 3 is 2.73 bits per heavy atom. The zero-order valence-corrected chi connectivity index (χ0v) is 18.2. The quantitative estimate of drug-likeness (QED) is 0.792. The first-order chi connectivity index (χ1) is 14.2. The number of H-pyrrole nitrogens is 1. The monoisotopic (exact) mass is 412 g/mol. The summed E-state index contributed by atoms with van der Waals surface area (Å²) in [5, 5.41) is 3.09. The second kappa shape index (κ2) is 7.93. The summed E-state index contributed by atoms with van der Waals surface area (Å²) in [6.45, 7) is 7.93. The molecule has 1 aliphatic carbocycles. The lowest BCUT2D eigenvalue weighted by atomic mass is 9.57. The van der Waals surface area contributed by atoms with Crippen LogP contribution in [0.4, 0.5) is 4.79 Å². The highest BCUT2D eigenvalue weighted by atomic mass is 16.6. The van der Waals surface area contributed by atoms with Crippen LogP contribution >= 0.6 is 0 Å². The van der Waals surface area contributed by atoms with Crippen molar-refractivity contribution in [3.63, 3.8) is 0 Å². The van der Waals surface area contributed by atoms with Gasteiger partial charge in [-0.2, -0.15) is 0 Å². The molecular weight excluding hydrogens is 380 g/mol. The molecule has 1 saturated heterocycles. The van der Waals surface area contributed by atoms with Gasteiger partial charge in [0.15, 0.2) is 0 Å². The predicted molar refractivity (Wildman–Crippen MR) is 117 cm³/mol. The molecular formula is C23H32N4O3. The molecule has 0 radical (unpaired) electrons. The fraction of sp³-hybridized carbons (Fsp3) is 0.609. The van der Waals surface area contributed by atoms with Crippen molar-refractivity contribution in [2.45, 2.75) is 58.5 Å². The first-order valence-corrected chi connectivity index (χ1v) is 10.9. The van der Waals surface area contributed by atoms with Crippen molar-refractivity contribution < 1.29 is 14.3 Å². The number of aliphatic imine (C=N–C) groups is 1. The molecule has 3 aliphatic rings. The number of amides is 2. The number of rotatable bonds is 3. The molecule has 4 rings (SSSR count). The Morgan fingerprint density at radius 2 is 2.03 bits per heavy atom. The fourth-order valence-corrected chi connectivity index (χ4v) is 4.82. The highest BCUT2D eigenvalue weighted by Crippen LogP contribution is 2.52. The zero-order chi connectivity index (χ0) is 21.4. The number of ether oxygens (including phenoxy) is 1. The standard InChI is InChI=1S/C23H32N4O3/c1-22(2,3)30-21(29)27-10-6-23(7-11-27)13-16(14-23)15-25-20(28)19-12-17-4-8-24-9-5-18(17)26-19/h5,8-9,12,16,26H,4,6-7,10-11,13-15H2,1-3H3,(H,25,28). The van der Waals surface area contributed by atoms with Crippen molar-refractivity contribution in [1.29, 1.82) is 0 Å². The van der Waals surface area contributed by atoms with Crippen LogP contribution in [0.25, 0.3) is 6.08 Å². The number of nitrogens with zero attached hydrogens (tertiary/aromatic N) is 2. The Balaban J connectivity index is 1.20. The number of fused-ring (bicyclic) bond motifs is 1. The zero-order valence-electron chi connectivity index (χ0n) is 18.2. The van der Waals surface area contributed by atoms with Crippen LogP contribution in [0.3, 0.4) is 0 Å². The van der Waals surface area contributed by atoms with Crippen LogP contribution < -0.4 is 5.32 Å². The van der Waals surface area contributed by atoms with E-state index in [1.807, 2.05) is 44.0 Å². The largest absolute Gasteiger partial charge is 0.444 e. The molecule has 30 heavy (non-hydrogen) atoms. The number of aromatic amines is 1. The van der Waals surface area contributed by atoms with Crippen molar-refractivity contribution in [2.24, 2.45) is 16.3 Å². The lowest BCUT2D eigenvalue weighted by Crippen LogP contribution is -2.51. The second-order valence-corrected chi connectivity index (χ2v) is 9.93. The summed E-state index contributed by atoms with van der Waals surface area (Å²) in [6.07, 6.45) is 10.3. The van der Waals surface area contributed by atoms with Crippen molar-refractivity contribution >= 4 is 24.3 Å². The van der Waals surface area contributed by atoms with Gasteiger partial charge in [0.1, 0.15) is 11.3 Å². The van der Waals surface area contributed by atoms with Crippen LogP contribution in [0.15, 0.2) is 17.3 Å². The number of likely N-dealkylation sites (tertiary alicyclic amines) is 1. The van der Waals surface area contributed by atoms with E-state index in [-0.39, 0.29) is 12.0 Å². The molecule has 0 bridgehead atoms. The lowest BCUT2D eigenvalue weighted by molar-refractivity contribution is -0.0265. The predicted octanol–water partition coefficient (Wildman–Crippen LogP) is 3.77. The van der Waals surface area contributed by atoms with Crippen LogP contribution in [-0.2, 0) is 11.2 Å². The smallest absolute Gasteiger partial charge is 0.410 e. The average molecular weight is 413 g/mol. The summed E-state index contributed by atoms with van der Waals surface area (Å²) in [6, 6.07) is 1.92. The molecule has 0 aromatic carbocycles. The van der Waals surface area contributed by atoms with Crippen LogP contribution in [0.2, 0.25) is 0 Å². The summed E-state index contributed by atoms with van der Waals surface area (Å²) in [4.78, 5) is 33.9. The van der Waals surface area contributed by atoms with Gasteiger partial charge >= 0.3 is 6.09 Å². The van der Waals surface area contributed by atoms with Gasteiger partial charge in [0.05, 0.1) is 0 Å². The summed E-state index contributed by atoms with van der Waals surface area (Å²) in [5.41, 5.74) is 2.55. The number of hydrogen-bond donors (Lipinski definition) is 2. The SMILES string of the molecule is CC(C)(C)OC(=O)N1CCC2(CC1)CC(CNC(=O)c1cc3c([nH]1)C=CN=CC3)C2. The van der Waals surface area contributed by atoms with Crippen molar-refractivity contribution in [1.82, 2.24) is 15.2 Å². The van der Waals surface area contributed by atoms with E-state index in [0.717, 1.165) is 56.5 Å². The summed E-state index contributed by atoms with van der Waals surface area (Å²) < 4.78 is 5.49. The number of nitrogens with one attached hydrogen (secondary N) is 2. The van der Waals surface area contributed by atoms with Crippen molar-refractivity contribution in [3.05, 3.63) is 29.2 Å². The maximum Gasteiger partial charge on any atom is 0.410 e. The molecule has 1 aromatic heterocycles. The number of aromatic nitrogens is 1. The molecule has 3 heterocycles. The van der Waals surface area contributed by atoms with E-state index in [4.69, 9.17) is 4.74 Å². The molecule has 7 heteroatoms. The minimum absolute atomic E-state index is 0.0471. The van der Waals surface area contributed by atoms with Gasteiger partial charge in [-0.1, -0.05) is 0 Å². The van der Waals surface area contributed by atoms with E-state index in [2.05, 4.69) is 15.3 Å². The van der Waals surface area contributed by atoms with E-state index in [1.54, 1.807) is 6.20 Å². The van der Waals surface area contributed by atoms with Gasteiger partial charge in [0, 0.05) is 44.2 Å². The third-order valence-electron chi connectivity index (χ3n) is 6.39. The Labute approximate surface area is 178 Å². The van der Waals surface area contributed by atoms with Crippen LogP contribution in [0, 0.1) is 11.3 Å². The van der Waals surface area contributed by atoms with E-state index < -0.39 is 5.60 Å². The minimum atomic E-state index is -0.451. The maximum absolute atomic E-state index is 12.5. The second-order valence-electron chi connectivity index (χ2n) is 9.93. The molecule has 0 atom stereocenters. The molecule has 2 fully saturated rings. The highest BCUT2D eigenvalue weighted by Gasteiger charge is 2.46. The lowest BCUT2D eigenvalue weighted by Gasteiger charge is -2.52. The summed E-state index contributed by atoms with van der Waals surface area (Å²) in [7, 11) is 0. The molecule has 0 unspecified atom stereocenters. The third-order valence-corrected chi connectivity index (χ3v) is 6.39. The Hall–Kier alpha value is -2.57. The highest BCUT2D eigenvalue weighted by molar-refractivity contribution is 5.93. The van der Waals surface area contributed by atoms with Gasteiger partial charge in [-0.25, -0.2) is 4.79 Å². The first kappa shape index (κ1) is 20.7. The number of piperidine rings is 1. The van der Waals surface area contributed by atoms with Crippen molar-refractivity contribution in [3.8, 4) is 0 Å². The topological polar surface area (TPSA) is 86.8 Å². The van der Waals surface area contributed by atoms with Gasteiger partial charge in [-0.15, -0.1) is 0 Å². The fourth-order valence-electron chi connectivity index (χ4n) is 4.82. The number of hydrogen-bond acceptors (Lipinski definition) is 4. The Bertz CT molecular complexity index is 861. The van der Waals surface area contributed by atoms with E-state index >= 15 is 0 Å². The molecule has 2 amide bonds. The summed E-state index contributed by atoms with van der Waals surface area (Å²) >= 11 is 0. The minimum Gasteiger partial charge on any atom is -0.444 e. The molecule has 162 valence electrons. The molecule has 7 nitrogen and oxygen atoms in total. The van der Waals surface area contributed by atoms with E-state index in [0.29, 0.717) is 23.6 Å². The maximum atomic E-state index is 12.5. The average Bonchev–Trinajstić information content (AvgIpc) is 2.94. The Morgan fingerprint density at radius 1 is 1.30 bits per heavy atom. The van der Waals surface area contributed by atoms with Gasteiger partial charge < -0.3 is 19.9 Å². The van der Waals surface area contributed by atoms with Gasteiger partial charge in [-0.3, -0.25) is 9.79 Å². The van der Waals surface area contributed by atoms with Crippen molar-refractivity contribution in [2.75, 3.05) is 19.6 Å². The van der Waals surface area contributed by atoms with Gasteiger partial charge in [0.2, 0.25) is 0 Å². The van der Waals surface area contributed by atoms with Crippen LogP contribution in [-0.4, -0.2) is 53.3 Å². The molecule has 2 N–H and O–H groups in total. The molecule has 1 saturated carbocycles. The molecule has 1 spiro atoms. The van der Waals surface area contributed by atoms with Crippen LogP contribution in [0.5, 0.6) is 0 Å². The van der Waals surface area contributed by atoms with E-state index in [9.17, 15) is 9.59 Å². The summed E-state index contributed by atoms with van der Waals surface area (Å²) in [5.74, 6) is 0.468. The normalized spacial score (nSPS) is 20.4. The van der Waals surface area contributed by atoms with Crippen LogP contribution in [0.1, 0.15) is 68.2 Å². The molecule has 2 aliphatic heterocycles. The van der Waals surface area contributed by atoms with Gasteiger partial charge in [0.25, 0.3) is 5.91 Å². The van der Waals surface area contributed by atoms with E-state index in [1.165, 1.54) is 0 Å². The van der Waals surface area contributed by atoms with Gasteiger partial charge in [-0.05, 0) is 75.5 Å². The Kier molecular flexibility index (Phi) is 5.47. The third kappa shape index (κ3) is 4.60. The number of carbonyl (C=O) groups is 2.